The van der Waals surface area contributed by atoms with Crippen LogP contribution in [0.15, 0.2) is 100 Å². The largest absolute Gasteiger partial charge is 0.493 e. The molecule has 5 aromatic rings. The van der Waals surface area contributed by atoms with Crippen LogP contribution in [0.25, 0.3) is 11.8 Å². The van der Waals surface area contributed by atoms with Crippen molar-refractivity contribution >= 4 is 52.3 Å². The normalized spacial score (nSPS) is 14.1. The van der Waals surface area contributed by atoms with Gasteiger partial charge in [0, 0.05) is 26.7 Å². The van der Waals surface area contributed by atoms with Gasteiger partial charge in [-0.3, -0.25) is 9.36 Å². The molecular weight excluding hydrogens is 699 g/mol. The van der Waals surface area contributed by atoms with Crippen molar-refractivity contribution in [1.82, 2.24) is 4.57 Å². The molecule has 0 saturated heterocycles. The van der Waals surface area contributed by atoms with Gasteiger partial charge in [-0.05, 0) is 48.9 Å². The summed E-state index contributed by atoms with van der Waals surface area (Å²) in [6, 6.07) is 24.3. The van der Waals surface area contributed by atoms with Gasteiger partial charge < -0.3 is 23.7 Å². The van der Waals surface area contributed by atoms with E-state index in [0.717, 1.165) is 5.56 Å². The fraction of sp³-hybridized carbons (Fsp3) is 0.184. The molecule has 0 radical (unpaired) electrons. The summed E-state index contributed by atoms with van der Waals surface area (Å²) < 4.78 is 30.5. The van der Waals surface area contributed by atoms with Gasteiger partial charge in [-0.15, -0.1) is 0 Å². The van der Waals surface area contributed by atoms with Crippen molar-refractivity contribution in [3.05, 3.63) is 142 Å². The Bertz CT molecular complexity index is 2280. The summed E-state index contributed by atoms with van der Waals surface area (Å²) in [5.74, 6) is 1.23. The average molecular weight is 732 g/mol. The van der Waals surface area contributed by atoms with E-state index >= 15 is 0 Å². The molecule has 0 aliphatic carbocycles. The Balaban J connectivity index is 1.57. The number of ether oxygens (including phenoxy) is 5. The lowest BCUT2D eigenvalue weighted by Crippen LogP contribution is -2.40. The van der Waals surface area contributed by atoms with Gasteiger partial charge in [-0.25, -0.2) is 9.79 Å². The highest BCUT2D eigenvalue weighted by molar-refractivity contribution is 7.07. The Morgan fingerprint density at radius 3 is 2.36 bits per heavy atom. The van der Waals surface area contributed by atoms with Crippen LogP contribution in [0.2, 0.25) is 10.0 Å². The summed E-state index contributed by atoms with van der Waals surface area (Å²) in [6.07, 6.45) is 1.73. The van der Waals surface area contributed by atoms with Crippen LogP contribution in [0.3, 0.4) is 0 Å². The predicted molar refractivity (Wildman–Crippen MR) is 194 cm³/mol. The maximum Gasteiger partial charge on any atom is 0.338 e. The van der Waals surface area contributed by atoms with E-state index in [-0.39, 0.29) is 24.3 Å². The number of halogens is 2. The van der Waals surface area contributed by atoms with Gasteiger partial charge in [-0.1, -0.05) is 89.1 Å². The van der Waals surface area contributed by atoms with Crippen molar-refractivity contribution in [2.24, 2.45) is 4.99 Å². The number of carbonyl (C=O) groups excluding carboxylic acids is 1. The van der Waals surface area contributed by atoms with Crippen LogP contribution in [-0.4, -0.2) is 38.5 Å². The first-order chi connectivity index (χ1) is 24.3. The number of carbonyl (C=O) groups is 1. The number of para-hydroxylation sites is 1. The predicted octanol–water partition coefficient (Wildman–Crippen LogP) is 6.85. The maximum absolute atomic E-state index is 14.5. The highest BCUT2D eigenvalue weighted by atomic mass is 35.5. The Hall–Kier alpha value is -5.03. The van der Waals surface area contributed by atoms with Crippen LogP contribution in [0.5, 0.6) is 23.0 Å². The Morgan fingerprint density at radius 1 is 0.900 bits per heavy atom. The molecule has 0 amide bonds. The van der Waals surface area contributed by atoms with Crippen LogP contribution in [0, 0.1) is 0 Å². The molecule has 256 valence electrons. The lowest BCUT2D eigenvalue weighted by atomic mass is 9.93. The number of esters is 1. The number of thiazole rings is 1. The van der Waals surface area contributed by atoms with E-state index in [1.54, 1.807) is 69.7 Å². The van der Waals surface area contributed by atoms with Gasteiger partial charge in [0.15, 0.2) is 27.8 Å². The number of aromatic nitrogens is 1. The third-order valence-electron chi connectivity index (χ3n) is 8.00. The fourth-order valence-electron chi connectivity index (χ4n) is 5.67. The maximum atomic E-state index is 14.5. The van der Waals surface area contributed by atoms with Crippen LogP contribution in [-0.2, 0) is 16.1 Å². The summed E-state index contributed by atoms with van der Waals surface area (Å²) >= 11 is 13.7. The monoisotopic (exact) mass is 730 g/mol. The molecule has 9 nitrogen and oxygen atoms in total. The molecule has 1 atom stereocenters. The highest BCUT2D eigenvalue weighted by Gasteiger charge is 2.35. The van der Waals surface area contributed by atoms with Crippen molar-refractivity contribution in [1.29, 1.82) is 0 Å². The molecule has 12 heteroatoms. The van der Waals surface area contributed by atoms with E-state index in [0.29, 0.717) is 64.8 Å². The summed E-state index contributed by atoms with van der Waals surface area (Å²) in [5.41, 5.74) is 2.88. The number of benzene rings is 4. The molecule has 0 saturated carbocycles. The molecule has 0 spiro atoms. The Labute approximate surface area is 302 Å². The average Bonchev–Trinajstić information content (AvgIpc) is 3.44. The van der Waals surface area contributed by atoms with Gasteiger partial charge in [0.2, 0.25) is 0 Å². The Morgan fingerprint density at radius 2 is 1.66 bits per heavy atom. The standard InChI is InChI=1S/C38H32Cl2N2O7S/c1-5-48-37(44)32-33(22-10-7-6-8-11-22)41-38-42(34(32)23-15-17-28(45-2)30(18-23)47-4)36(43)31(50-38)19-24-12-9-13-29(46-3)35(24)49-21-25-14-16-26(39)20-27(25)40/h6-20,34H,5,21H2,1-4H3/b31-19-/t34-/m0/s1. The summed E-state index contributed by atoms with van der Waals surface area (Å²) in [6.45, 7) is 1.99. The summed E-state index contributed by atoms with van der Waals surface area (Å²) in [7, 11) is 4.61. The zero-order chi connectivity index (χ0) is 35.4. The third kappa shape index (κ3) is 6.87. The number of hydrogen-bond acceptors (Lipinski definition) is 9. The first-order valence-electron chi connectivity index (χ1n) is 15.5. The minimum atomic E-state index is -0.907. The van der Waals surface area contributed by atoms with E-state index in [1.807, 2.05) is 42.5 Å². The molecule has 2 heterocycles. The zero-order valence-corrected chi connectivity index (χ0v) is 29.9. The van der Waals surface area contributed by atoms with Crippen LogP contribution in [0.1, 0.15) is 35.2 Å². The SMILES string of the molecule is CCOC(=O)C1=C(c2ccccc2)N=c2s/c(=C\c3cccc(OC)c3OCc3ccc(Cl)cc3Cl)c(=O)n2[C@H]1c1ccc(OC)c(OC)c1. The third-order valence-corrected chi connectivity index (χ3v) is 9.57. The van der Waals surface area contributed by atoms with Gasteiger partial charge in [-0.2, -0.15) is 0 Å². The number of rotatable bonds is 11. The molecule has 50 heavy (non-hydrogen) atoms. The lowest BCUT2D eigenvalue weighted by Gasteiger charge is -2.26. The van der Waals surface area contributed by atoms with Gasteiger partial charge >= 0.3 is 5.97 Å². The summed E-state index contributed by atoms with van der Waals surface area (Å²) in [5, 5.41) is 0.976. The van der Waals surface area contributed by atoms with Crippen molar-refractivity contribution in [2.45, 2.75) is 19.6 Å². The number of nitrogens with zero attached hydrogens (tertiary/aromatic N) is 2. The number of fused-ring (bicyclic) bond motifs is 1. The molecule has 0 fully saturated rings. The van der Waals surface area contributed by atoms with Crippen molar-refractivity contribution in [3.63, 3.8) is 0 Å². The minimum absolute atomic E-state index is 0.126. The second-order valence-corrected chi connectivity index (χ2v) is 12.8. The first kappa shape index (κ1) is 34.8. The van der Waals surface area contributed by atoms with E-state index in [9.17, 15) is 9.59 Å². The van der Waals surface area contributed by atoms with Crippen molar-refractivity contribution in [3.8, 4) is 23.0 Å². The van der Waals surface area contributed by atoms with Gasteiger partial charge in [0.1, 0.15) is 6.61 Å². The number of methoxy groups -OCH3 is 3. The van der Waals surface area contributed by atoms with Crippen LogP contribution < -0.4 is 33.8 Å². The molecule has 1 aliphatic heterocycles. The molecule has 0 N–H and O–H groups in total. The second-order valence-electron chi connectivity index (χ2n) is 10.9. The van der Waals surface area contributed by atoms with E-state index in [2.05, 4.69) is 0 Å². The molecule has 1 aliphatic rings. The van der Waals surface area contributed by atoms with Crippen LogP contribution in [0.4, 0.5) is 0 Å². The molecule has 4 aromatic carbocycles. The first-order valence-corrected chi connectivity index (χ1v) is 17.1. The second kappa shape index (κ2) is 15.2. The quantitative estimate of drug-likeness (QED) is 0.137. The van der Waals surface area contributed by atoms with E-state index < -0.39 is 12.0 Å². The minimum Gasteiger partial charge on any atom is -0.493 e. The van der Waals surface area contributed by atoms with Gasteiger partial charge in [0.25, 0.3) is 5.56 Å². The number of hydrogen-bond donors (Lipinski definition) is 0. The fourth-order valence-corrected chi connectivity index (χ4v) is 7.13. The molecular formula is C38H32Cl2N2O7S. The molecule has 6 rings (SSSR count). The Kier molecular flexibility index (Phi) is 10.6. The van der Waals surface area contributed by atoms with E-state index in [1.165, 1.54) is 23.0 Å². The van der Waals surface area contributed by atoms with Crippen molar-refractivity contribution < 1.29 is 28.5 Å². The molecule has 0 bridgehead atoms. The molecule has 0 unspecified atom stereocenters. The van der Waals surface area contributed by atoms with Crippen molar-refractivity contribution in [2.75, 3.05) is 27.9 Å². The summed E-state index contributed by atoms with van der Waals surface area (Å²) in [4.78, 5) is 33.7. The smallest absolute Gasteiger partial charge is 0.338 e. The van der Waals surface area contributed by atoms with Gasteiger partial charge in [0.05, 0.1) is 49.8 Å². The highest BCUT2D eigenvalue weighted by Crippen LogP contribution is 2.39. The lowest BCUT2D eigenvalue weighted by molar-refractivity contribution is -0.138. The van der Waals surface area contributed by atoms with E-state index in [4.69, 9.17) is 51.9 Å². The molecule has 1 aromatic heterocycles. The zero-order valence-electron chi connectivity index (χ0n) is 27.6. The topological polar surface area (TPSA) is 97.6 Å². The van der Waals surface area contributed by atoms with Crippen LogP contribution >= 0.6 is 34.5 Å².